The quantitative estimate of drug-likeness (QED) is 0.790. The van der Waals surface area contributed by atoms with Gasteiger partial charge in [-0.15, -0.1) is 0 Å². The largest absolute Gasteiger partial charge is 0.456 e. The maximum absolute atomic E-state index is 5.76. The second-order valence-corrected chi connectivity index (χ2v) is 3.84. The van der Waals surface area contributed by atoms with Crippen LogP contribution in [0.5, 0.6) is 0 Å². The molecule has 0 saturated heterocycles. The van der Waals surface area contributed by atoms with Gasteiger partial charge in [-0.2, -0.15) is 0 Å². The van der Waals surface area contributed by atoms with Gasteiger partial charge in [-0.1, -0.05) is 31.2 Å². The van der Waals surface area contributed by atoms with Crippen molar-refractivity contribution in [1.82, 2.24) is 5.32 Å². The Kier molecular flexibility index (Phi) is 3.42. The summed E-state index contributed by atoms with van der Waals surface area (Å²) in [4.78, 5) is 0. The first-order valence-corrected chi connectivity index (χ1v) is 5.67. The number of para-hydroxylation sites is 1. The van der Waals surface area contributed by atoms with E-state index < -0.39 is 0 Å². The molecule has 2 aromatic rings. The minimum absolute atomic E-state index is 0.888. The first-order valence-electron chi connectivity index (χ1n) is 5.67. The molecule has 0 fully saturated rings. The molecule has 0 spiro atoms. The zero-order valence-electron chi connectivity index (χ0n) is 9.79. The van der Waals surface area contributed by atoms with Crippen LogP contribution in [0.1, 0.15) is 19.6 Å². The maximum atomic E-state index is 5.76. The normalized spacial score (nSPS) is 12.2. The Labute approximate surface area is 96.0 Å². The summed E-state index contributed by atoms with van der Waals surface area (Å²) in [6.45, 7) is 6.06. The lowest BCUT2D eigenvalue weighted by molar-refractivity contribution is 0.599. The number of likely N-dealkylation sites (N-methyl/N-ethyl adjacent to an activating group) is 1. The second-order valence-electron chi connectivity index (χ2n) is 3.84. The van der Waals surface area contributed by atoms with Crippen molar-refractivity contribution in [3.05, 3.63) is 42.2 Å². The van der Waals surface area contributed by atoms with Gasteiger partial charge in [-0.25, -0.2) is 0 Å². The van der Waals surface area contributed by atoms with Gasteiger partial charge in [0.2, 0.25) is 0 Å². The Hall–Kier alpha value is -1.54. The highest BCUT2D eigenvalue weighted by atomic mass is 16.3. The van der Waals surface area contributed by atoms with E-state index in [0.717, 1.165) is 29.8 Å². The minimum atomic E-state index is 0.888. The van der Waals surface area contributed by atoms with E-state index >= 15 is 0 Å². The van der Waals surface area contributed by atoms with Gasteiger partial charge in [0.25, 0.3) is 0 Å². The molecule has 16 heavy (non-hydrogen) atoms. The number of rotatable bonds is 4. The van der Waals surface area contributed by atoms with E-state index in [0.29, 0.717) is 0 Å². The van der Waals surface area contributed by atoms with Gasteiger partial charge in [-0.3, -0.25) is 0 Å². The number of fused-ring (bicyclic) bond motifs is 1. The number of furan rings is 1. The first-order chi connectivity index (χ1) is 7.81. The Balaban J connectivity index is 2.22. The van der Waals surface area contributed by atoms with Crippen LogP contribution in [0.3, 0.4) is 0 Å². The number of nitrogens with one attached hydrogen (secondary N) is 1. The fourth-order valence-electron chi connectivity index (χ4n) is 1.65. The number of allylic oxidation sites excluding steroid dienone is 1. The van der Waals surface area contributed by atoms with Crippen molar-refractivity contribution in [2.75, 3.05) is 13.1 Å². The highest BCUT2D eigenvalue weighted by molar-refractivity contribution is 5.81. The van der Waals surface area contributed by atoms with Crippen molar-refractivity contribution in [3.8, 4) is 0 Å². The van der Waals surface area contributed by atoms with Crippen LogP contribution in [-0.2, 0) is 0 Å². The summed E-state index contributed by atoms with van der Waals surface area (Å²) in [5, 5.41) is 4.43. The SMILES string of the molecule is CCNC/C=C(\C)c1cc2ccccc2o1. The lowest BCUT2D eigenvalue weighted by atomic mass is 10.2. The van der Waals surface area contributed by atoms with Gasteiger partial charge in [0.05, 0.1) is 0 Å². The molecule has 0 bridgehead atoms. The summed E-state index contributed by atoms with van der Waals surface area (Å²) < 4.78 is 5.76. The van der Waals surface area contributed by atoms with Crippen LogP contribution in [0.2, 0.25) is 0 Å². The first kappa shape index (κ1) is 11.0. The summed E-state index contributed by atoms with van der Waals surface area (Å²) in [6.07, 6.45) is 2.15. The molecule has 0 amide bonds. The standard InChI is InChI=1S/C14H17NO/c1-3-15-9-8-11(2)14-10-12-6-4-5-7-13(12)16-14/h4-8,10,15H,3,9H2,1-2H3/b11-8+. The van der Waals surface area contributed by atoms with Crippen LogP contribution in [0.15, 0.2) is 40.8 Å². The van der Waals surface area contributed by atoms with E-state index in [1.165, 1.54) is 5.57 Å². The number of benzene rings is 1. The molecule has 0 aliphatic carbocycles. The third-order valence-corrected chi connectivity index (χ3v) is 2.62. The number of hydrogen-bond donors (Lipinski definition) is 1. The monoisotopic (exact) mass is 215 g/mol. The lowest BCUT2D eigenvalue weighted by Gasteiger charge is -1.97. The topological polar surface area (TPSA) is 25.2 Å². The Bertz CT molecular complexity index is 463. The van der Waals surface area contributed by atoms with Crippen molar-refractivity contribution in [2.45, 2.75) is 13.8 Å². The molecule has 2 nitrogen and oxygen atoms in total. The minimum Gasteiger partial charge on any atom is -0.456 e. The van der Waals surface area contributed by atoms with E-state index in [2.05, 4.69) is 37.4 Å². The molecule has 0 radical (unpaired) electrons. The van der Waals surface area contributed by atoms with Gasteiger partial charge in [0.1, 0.15) is 11.3 Å². The fraction of sp³-hybridized carbons (Fsp3) is 0.286. The van der Waals surface area contributed by atoms with E-state index in [4.69, 9.17) is 4.42 Å². The molecular formula is C14H17NO. The zero-order chi connectivity index (χ0) is 11.4. The Morgan fingerprint density at radius 2 is 2.19 bits per heavy atom. The van der Waals surface area contributed by atoms with E-state index in [1.807, 2.05) is 18.2 Å². The predicted octanol–water partition coefficient (Wildman–Crippen LogP) is 3.45. The molecule has 0 saturated carbocycles. The molecule has 1 N–H and O–H groups in total. The van der Waals surface area contributed by atoms with Crippen molar-refractivity contribution in [1.29, 1.82) is 0 Å². The maximum Gasteiger partial charge on any atom is 0.134 e. The van der Waals surface area contributed by atoms with Crippen molar-refractivity contribution in [2.24, 2.45) is 0 Å². The molecule has 0 aliphatic heterocycles. The molecule has 0 atom stereocenters. The van der Waals surface area contributed by atoms with Crippen LogP contribution in [-0.4, -0.2) is 13.1 Å². The van der Waals surface area contributed by atoms with Crippen molar-refractivity contribution >= 4 is 16.5 Å². The molecule has 2 rings (SSSR count). The molecule has 0 aliphatic rings. The van der Waals surface area contributed by atoms with E-state index in [9.17, 15) is 0 Å². The summed E-state index contributed by atoms with van der Waals surface area (Å²) in [5.41, 5.74) is 2.13. The summed E-state index contributed by atoms with van der Waals surface area (Å²) in [6, 6.07) is 10.2. The Morgan fingerprint density at radius 3 is 2.94 bits per heavy atom. The molecule has 0 unspecified atom stereocenters. The fourth-order valence-corrected chi connectivity index (χ4v) is 1.65. The third kappa shape index (κ3) is 2.34. The average molecular weight is 215 g/mol. The molecule has 84 valence electrons. The summed E-state index contributed by atoms with van der Waals surface area (Å²) in [5.74, 6) is 0.958. The highest BCUT2D eigenvalue weighted by Gasteiger charge is 2.03. The van der Waals surface area contributed by atoms with E-state index in [-0.39, 0.29) is 0 Å². The molecule has 1 aromatic heterocycles. The number of hydrogen-bond acceptors (Lipinski definition) is 2. The molecular weight excluding hydrogens is 198 g/mol. The third-order valence-electron chi connectivity index (χ3n) is 2.62. The smallest absolute Gasteiger partial charge is 0.134 e. The molecule has 2 heteroatoms. The van der Waals surface area contributed by atoms with Gasteiger partial charge in [0.15, 0.2) is 0 Å². The zero-order valence-corrected chi connectivity index (χ0v) is 9.79. The average Bonchev–Trinajstić information content (AvgIpc) is 2.73. The van der Waals surface area contributed by atoms with Gasteiger partial charge < -0.3 is 9.73 Å². The molecule has 1 aromatic carbocycles. The van der Waals surface area contributed by atoms with Crippen molar-refractivity contribution in [3.63, 3.8) is 0 Å². The summed E-state index contributed by atoms with van der Waals surface area (Å²) >= 11 is 0. The van der Waals surface area contributed by atoms with Gasteiger partial charge in [0, 0.05) is 11.9 Å². The predicted molar refractivity (Wildman–Crippen MR) is 68.4 cm³/mol. The summed E-state index contributed by atoms with van der Waals surface area (Å²) in [7, 11) is 0. The van der Waals surface area contributed by atoms with Crippen LogP contribution in [0.4, 0.5) is 0 Å². The van der Waals surface area contributed by atoms with Crippen LogP contribution < -0.4 is 5.32 Å². The van der Waals surface area contributed by atoms with E-state index in [1.54, 1.807) is 0 Å². The Morgan fingerprint density at radius 1 is 1.38 bits per heavy atom. The molecule has 1 heterocycles. The van der Waals surface area contributed by atoms with Crippen molar-refractivity contribution < 1.29 is 4.42 Å². The van der Waals surface area contributed by atoms with Gasteiger partial charge in [-0.05, 0) is 31.2 Å². The van der Waals surface area contributed by atoms with Crippen LogP contribution in [0.25, 0.3) is 16.5 Å². The highest BCUT2D eigenvalue weighted by Crippen LogP contribution is 2.23. The van der Waals surface area contributed by atoms with Crippen LogP contribution >= 0.6 is 0 Å². The van der Waals surface area contributed by atoms with Crippen LogP contribution in [0, 0.1) is 0 Å². The van der Waals surface area contributed by atoms with Gasteiger partial charge >= 0.3 is 0 Å². The second kappa shape index (κ2) is 4.99. The lowest BCUT2D eigenvalue weighted by Crippen LogP contribution is -2.11.